The second-order valence-electron chi connectivity index (χ2n) is 4.39. The topological polar surface area (TPSA) is 38.0 Å². The van der Waals surface area contributed by atoms with Gasteiger partial charge in [-0.25, -0.2) is 0 Å². The molecule has 1 aromatic carbocycles. The summed E-state index contributed by atoms with van der Waals surface area (Å²) in [4.78, 5) is 0. The minimum absolute atomic E-state index is 0.490. The summed E-state index contributed by atoms with van der Waals surface area (Å²) in [6, 6.07) is 10.1. The number of benzene rings is 1. The summed E-state index contributed by atoms with van der Waals surface area (Å²) in [6.07, 6.45) is 1.96. The Kier molecular flexibility index (Phi) is 2.89. The zero-order valence-corrected chi connectivity index (χ0v) is 10.9. The summed E-state index contributed by atoms with van der Waals surface area (Å²) < 4.78 is 2.97. The Balaban J connectivity index is 1.90. The number of hydrogen-bond donors (Lipinski definition) is 1. The average Bonchev–Trinajstić information content (AvgIpc) is 2.95. The maximum Gasteiger partial charge on any atom is 0.0860 e. The van der Waals surface area contributed by atoms with Crippen molar-refractivity contribution in [1.29, 1.82) is 0 Å². The molecule has 3 aromatic rings. The lowest BCUT2D eigenvalue weighted by Crippen LogP contribution is -2.02. The van der Waals surface area contributed by atoms with E-state index in [0.717, 1.165) is 16.6 Å². The van der Waals surface area contributed by atoms with Gasteiger partial charge in [-0.15, -0.1) is 11.3 Å². The maximum absolute atomic E-state index is 10.3. The highest BCUT2D eigenvalue weighted by Gasteiger charge is 2.14. The highest BCUT2D eigenvalue weighted by molar-refractivity contribution is 7.17. The van der Waals surface area contributed by atoms with E-state index in [1.54, 1.807) is 16.0 Å². The quantitative estimate of drug-likeness (QED) is 0.784. The minimum Gasteiger partial charge on any atom is -0.388 e. The van der Waals surface area contributed by atoms with Crippen LogP contribution >= 0.6 is 11.3 Å². The molecule has 0 spiro atoms. The molecule has 3 nitrogen and oxygen atoms in total. The van der Waals surface area contributed by atoms with Crippen LogP contribution in [0.25, 0.3) is 10.1 Å². The summed E-state index contributed by atoms with van der Waals surface area (Å²) >= 11 is 1.67. The molecule has 1 atom stereocenters. The van der Waals surface area contributed by atoms with Crippen LogP contribution in [0.15, 0.2) is 41.9 Å². The van der Waals surface area contributed by atoms with Gasteiger partial charge in [-0.3, -0.25) is 4.68 Å². The van der Waals surface area contributed by atoms with Crippen molar-refractivity contribution in [3.63, 3.8) is 0 Å². The zero-order chi connectivity index (χ0) is 12.5. The fourth-order valence-corrected chi connectivity index (χ4v) is 3.14. The fourth-order valence-electron chi connectivity index (χ4n) is 2.14. The molecule has 92 valence electrons. The highest BCUT2D eigenvalue weighted by Crippen LogP contribution is 2.31. The van der Waals surface area contributed by atoms with Crippen LogP contribution < -0.4 is 0 Å². The van der Waals surface area contributed by atoms with Crippen LogP contribution in [0, 0.1) is 0 Å². The number of hydrogen-bond acceptors (Lipinski definition) is 3. The summed E-state index contributed by atoms with van der Waals surface area (Å²) in [6.45, 7) is 0. The van der Waals surface area contributed by atoms with E-state index in [2.05, 4.69) is 17.2 Å². The Labute approximate surface area is 109 Å². The molecule has 0 fully saturated rings. The predicted molar refractivity (Wildman–Crippen MR) is 73.7 cm³/mol. The standard InChI is InChI=1S/C14H14N2OS/c1-16-7-6-10(15-16)8-13(17)12-9-18-14-5-3-2-4-11(12)14/h2-7,9,13,17H,8H2,1H3. The first-order valence-electron chi connectivity index (χ1n) is 5.87. The second kappa shape index (κ2) is 4.55. The third-order valence-electron chi connectivity index (χ3n) is 3.04. The van der Waals surface area contributed by atoms with Crippen LogP contribution in [0.4, 0.5) is 0 Å². The van der Waals surface area contributed by atoms with Gasteiger partial charge in [0.05, 0.1) is 11.8 Å². The van der Waals surface area contributed by atoms with Gasteiger partial charge in [0, 0.05) is 24.4 Å². The number of aliphatic hydroxyl groups is 1. The summed E-state index contributed by atoms with van der Waals surface area (Å²) in [5, 5.41) is 17.8. The number of nitrogens with zero attached hydrogens (tertiary/aromatic N) is 2. The number of aryl methyl sites for hydroxylation is 1. The molecule has 1 N–H and O–H groups in total. The first-order chi connectivity index (χ1) is 8.74. The van der Waals surface area contributed by atoms with Crippen LogP contribution in [0.1, 0.15) is 17.4 Å². The molecule has 2 aromatic heterocycles. The number of fused-ring (bicyclic) bond motifs is 1. The van der Waals surface area contributed by atoms with Gasteiger partial charge in [0.25, 0.3) is 0 Å². The van der Waals surface area contributed by atoms with Crippen LogP contribution in [-0.2, 0) is 13.5 Å². The third kappa shape index (κ3) is 2.05. The Hall–Kier alpha value is -1.65. The minimum atomic E-state index is -0.490. The van der Waals surface area contributed by atoms with E-state index >= 15 is 0 Å². The summed E-state index contributed by atoms with van der Waals surface area (Å²) in [7, 11) is 1.88. The maximum atomic E-state index is 10.3. The molecule has 0 saturated heterocycles. The normalized spacial score (nSPS) is 13.0. The first-order valence-corrected chi connectivity index (χ1v) is 6.75. The molecule has 0 aliphatic heterocycles. The van der Waals surface area contributed by atoms with Gasteiger partial charge in [0.15, 0.2) is 0 Å². The highest BCUT2D eigenvalue weighted by atomic mass is 32.1. The van der Waals surface area contributed by atoms with Crippen molar-refractivity contribution in [3.05, 3.63) is 53.2 Å². The van der Waals surface area contributed by atoms with Crippen molar-refractivity contribution >= 4 is 21.4 Å². The molecule has 0 aliphatic carbocycles. The van der Waals surface area contributed by atoms with Gasteiger partial charge in [-0.2, -0.15) is 5.10 Å². The first kappa shape index (κ1) is 11.4. The van der Waals surface area contributed by atoms with Crippen LogP contribution in [0.3, 0.4) is 0 Å². The monoisotopic (exact) mass is 258 g/mol. The Morgan fingerprint density at radius 1 is 1.33 bits per heavy atom. The van der Waals surface area contributed by atoms with Crippen molar-refractivity contribution in [3.8, 4) is 0 Å². The van der Waals surface area contributed by atoms with E-state index in [1.165, 1.54) is 4.70 Å². The second-order valence-corrected chi connectivity index (χ2v) is 5.30. The molecule has 18 heavy (non-hydrogen) atoms. The fraction of sp³-hybridized carbons (Fsp3) is 0.214. The Morgan fingerprint density at radius 2 is 2.17 bits per heavy atom. The molecule has 1 unspecified atom stereocenters. The molecule has 0 radical (unpaired) electrons. The molecular weight excluding hydrogens is 244 g/mol. The lowest BCUT2D eigenvalue weighted by atomic mass is 10.0. The lowest BCUT2D eigenvalue weighted by Gasteiger charge is -2.07. The number of aliphatic hydroxyl groups excluding tert-OH is 1. The number of rotatable bonds is 3. The largest absolute Gasteiger partial charge is 0.388 e. The molecule has 2 heterocycles. The summed E-state index contributed by atoms with van der Waals surface area (Å²) in [5.74, 6) is 0. The van der Waals surface area contributed by atoms with Crippen LogP contribution in [-0.4, -0.2) is 14.9 Å². The molecular formula is C14H14N2OS. The van der Waals surface area contributed by atoms with E-state index in [9.17, 15) is 5.11 Å². The predicted octanol–water partition coefficient (Wildman–Crippen LogP) is 2.91. The van der Waals surface area contributed by atoms with Crippen molar-refractivity contribution in [1.82, 2.24) is 9.78 Å². The van der Waals surface area contributed by atoms with E-state index in [4.69, 9.17) is 0 Å². The summed E-state index contributed by atoms with van der Waals surface area (Å²) in [5.41, 5.74) is 1.92. The zero-order valence-electron chi connectivity index (χ0n) is 10.1. The van der Waals surface area contributed by atoms with Crippen LogP contribution in [0.5, 0.6) is 0 Å². The van der Waals surface area contributed by atoms with Gasteiger partial charge >= 0.3 is 0 Å². The molecule has 4 heteroatoms. The van der Waals surface area contributed by atoms with Crippen molar-refractivity contribution in [2.75, 3.05) is 0 Å². The molecule has 0 bridgehead atoms. The van der Waals surface area contributed by atoms with Gasteiger partial charge in [0.2, 0.25) is 0 Å². The lowest BCUT2D eigenvalue weighted by molar-refractivity contribution is 0.179. The Bertz CT molecular complexity index is 671. The van der Waals surface area contributed by atoms with Gasteiger partial charge in [0.1, 0.15) is 0 Å². The Morgan fingerprint density at radius 3 is 2.94 bits per heavy atom. The van der Waals surface area contributed by atoms with Gasteiger partial charge in [-0.05, 0) is 28.5 Å². The SMILES string of the molecule is Cn1ccc(CC(O)c2csc3ccccc23)n1. The number of thiophene rings is 1. The van der Waals surface area contributed by atoms with Gasteiger partial charge in [-0.1, -0.05) is 18.2 Å². The van der Waals surface area contributed by atoms with Crippen LogP contribution in [0.2, 0.25) is 0 Å². The molecule has 0 amide bonds. The average molecular weight is 258 g/mol. The van der Waals surface area contributed by atoms with Gasteiger partial charge < -0.3 is 5.11 Å². The van der Waals surface area contributed by atoms with E-state index < -0.39 is 6.10 Å². The van der Waals surface area contributed by atoms with Crippen molar-refractivity contribution in [2.45, 2.75) is 12.5 Å². The van der Waals surface area contributed by atoms with Crippen molar-refractivity contribution < 1.29 is 5.11 Å². The third-order valence-corrected chi connectivity index (χ3v) is 4.02. The smallest absolute Gasteiger partial charge is 0.0860 e. The molecule has 3 rings (SSSR count). The van der Waals surface area contributed by atoms with Crippen molar-refractivity contribution in [2.24, 2.45) is 7.05 Å². The molecule has 0 saturated carbocycles. The van der Waals surface area contributed by atoms with E-state index in [1.807, 2.05) is 36.8 Å². The van der Waals surface area contributed by atoms with E-state index in [0.29, 0.717) is 6.42 Å². The molecule has 0 aliphatic rings. The number of aromatic nitrogens is 2. The van der Waals surface area contributed by atoms with E-state index in [-0.39, 0.29) is 0 Å².